The molecule has 3 aromatic carbocycles. The molecule has 1 aromatic heterocycles. The van der Waals surface area contributed by atoms with Crippen molar-refractivity contribution in [1.82, 2.24) is 15.3 Å². The van der Waals surface area contributed by atoms with Gasteiger partial charge in [-0.05, 0) is 89.4 Å². The number of aromatic amines is 1. The number of carbonyl (C=O) groups is 2. The molecule has 0 bridgehead atoms. The number of rotatable bonds is 13. The van der Waals surface area contributed by atoms with Crippen LogP contribution in [0, 0.1) is 11.6 Å². The van der Waals surface area contributed by atoms with Crippen LogP contribution in [0.3, 0.4) is 0 Å². The van der Waals surface area contributed by atoms with Crippen molar-refractivity contribution in [3.63, 3.8) is 0 Å². The summed E-state index contributed by atoms with van der Waals surface area (Å²) in [4.78, 5) is 32.7. The molecule has 212 valence electrons. The van der Waals surface area contributed by atoms with E-state index >= 15 is 0 Å². The monoisotopic (exact) mass is 575 g/mol. The highest BCUT2D eigenvalue weighted by Gasteiger charge is 2.22. The van der Waals surface area contributed by atoms with Gasteiger partial charge in [-0.1, -0.05) is 42.5 Å². The topological polar surface area (TPSA) is 95.1 Å². The predicted molar refractivity (Wildman–Crippen MR) is 159 cm³/mol. The van der Waals surface area contributed by atoms with Crippen LogP contribution in [0.2, 0.25) is 0 Å². The van der Waals surface area contributed by atoms with Gasteiger partial charge in [0, 0.05) is 24.4 Å². The lowest BCUT2D eigenvalue weighted by molar-refractivity contribution is -0.139. The van der Waals surface area contributed by atoms with E-state index in [1.165, 1.54) is 36.0 Å². The van der Waals surface area contributed by atoms with Crippen molar-refractivity contribution in [2.75, 3.05) is 12.0 Å². The smallest absolute Gasteiger partial charge is 0.326 e. The van der Waals surface area contributed by atoms with Crippen LogP contribution in [0.1, 0.15) is 44.9 Å². The highest BCUT2D eigenvalue weighted by molar-refractivity contribution is 7.98. The maximum Gasteiger partial charge on any atom is 0.326 e. The number of nitrogens with one attached hydrogen (secondary N) is 2. The fraction of sp³-hybridized carbons (Fsp3) is 0.219. The van der Waals surface area contributed by atoms with Gasteiger partial charge in [0.15, 0.2) is 0 Å². The lowest BCUT2D eigenvalue weighted by Gasteiger charge is -2.17. The molecular formula is C32H31F2N3O3S. The molecule has 1 heterocycles. The molecule has 41 heavy (non-hydrogen) atoms. The van der Waals surface area contributed by atoms with Crippen molar-refractivity contribution in [2.45, 2.75) is 31.7 Å². The van der Waals surface area contributed by atoms with Crippen molar-refractivity contribution < 1.29 is 23.5 Å². The number of amides is 1. The number of carboxylic acid groups (broad SMARTS) is 1. The Hall–Kier alpha value is -4.24. The van der Waals surface area contributed by atoms with Gasteiger partial charge >= 0.3 is 5.97 Å². The summed E-state index contributed by atoms with van der Waals surface area (Å²) >= 11 is 1.51. The lowest BCUT2D eigenvalue weighted by atomic mass is 9.94. The molecule has 0 saturated carbocycles. The van der Waals surface area contributed by atoms with Crippen LogP contribution in [0.4, 0.5) is 8.78 Å². The number of carbonyl (C=O) groups excluding carboxylic acids is 1. The first kappa shape index (κ1) is 29.7. The first-order chi connectivity index (χ1) is 19.8. The van der Waals surface area contributed by atoms with Gasteiger partial charge in [0.2, 0.25) is 0 Å². The fourth-order valence-corrected chi connectivity index (χ4v) is 4.92. The number of aryl methyl sites for hydroxylation is 2. The van der Waals surface area contributed by atoms with E-state index in [4.69, 9.17) is 0 Å². The van der Waals surface area contributed by atoms with Gasteiger partial charge in [-0.2, -0.15) is 11.8 Å². The summed E-state index contributed by atoms with van der Waals surface area (Å²) in [5.41, 5.74) is 4.41. The van der Waals surface area contributed by atoms with Crippen molar-refractivity contribution in [2.24, 2.45) is 0 Å². The maximum atomic E-state index is 13.6. The number of carboxylic acids is 1. The molecule has 0 aliphatic carbocycles. The second kappa shape index (κ2) is 14.4. The average Bonchev–Trinajstić information content (AvgIpc) is 3.48. The van der Waals surface area contributed by atoms with E-state index in [0.717, 1.165) is 33.7 Å². The number of imidazole rings is 1. The van der Waals surface area contributed by atoms with Crippen molar-refractivity contribution >= 4 is 35.3 Å². The minimum absolute atomic E-state index is 0.296. The Balaban J connectivity index is 1.69. The zero-order valence-corrected chi connectivity index (χ0v) is 23.4. The molecule has 4 rings (SSSR count). The van der Waals surface area contributed by atoms with Crippen molar-refractivity contribution in [3.8, 4) is 0 Å². The summed E-state index contributed by atoms with van der Waals surface area (Å²) in [6, 6.07) is 16.9. The van der Waals surface area contributed by atoms with Gasteiger partial charge in [-0.15, -0.1) is 0 Å². The number of H-pyrrole nitrogens is 1. The highest BCUT2D eigenvalue weighted by Crippen LogP contribution is 2.24. The van der Waals surface area contributed by atoms with E-state index in [0.29, 0.717) is 37.0 Å². The molecule has 0 aliphatic heterocycles. The average molecular weight is 576 g/mol. The minimum Gasteiger partial charge on any atom is -0.480 e. The Morgan fingerprint density at radius 1 is 1.02 bits per heavy atom. The summed E-state index contributed by atoms with van der Waals surface area (Å²) in [7, 11) is 0. The second-order valence-electron chi connectivity index (χ2n) is 9.58. The third-order valence-corrected chi connectivity index (χ3v) is 7.30. The number of aliphatic carboxylic acids is 1. The molecule has 0 unspecified atom stereocenters. The van der Waals surface area contributed by atoms with E-state index < -0.39 is 17.9 Å². The Labute approximate surface area is 241 Å². The standard InChI is InChI=1S/C32H31F2N3O3S/c1-41-17-14-29(32(39)40)37-31(38)28-19-22(3-7-24(28)6-2-21-4-10-26(33)11-5-21)18-25(20-30-35-15-16-36-30)23-8-12-27(34)13-9-23/h3-5,7-13,15-16,18-19,29H,2,6,14,17,20H2,1H3,(H,35,36)(H,37,38)(H,39,40)/t29-/m0/s1. The minimum atomic E-state index is -1.09. The molecular weight excluding hydrogens is 544 g/mol. The second-order valence-corrected chi connectivity index (χ2v) is 10.6. The number of hydrogen-bond acceptors (Lipinski definition) is 4. The first-order valence-electron chi connectivity index (χ1n) is 13.2. The first-order valence-corrected chi connectivity index (χ1v) is 14.6. The molecule has 1 amide bonds. The molecule has 1 atom stereocenters. The van der Waals surface area contributed by atoms with Gasteiger partial charge in [0.25, 0.3) is 5.91 Å². The lowest BCUT2D eigenvalue weighted by Crippen LogP contribution is -2.41. The molecule has 9 heteroatoms. The van der Waals surface area contributed by atoms with Crippen LogP contribution < -0.4 is 5.32 Å². The summed E-state index contributed by atoms with van der Waals surface area (Å²) < 4.78 is 27.0. The number of nitrogens with zero attached hydrogens (tertiary/aromatic N) is 1. The quantitative estimate of drug-likeness (QED) is 0.165. The summed E-state index contributed by atoms with van der Waals surface area (Å²) in [6.45, 7) is 0. The Kier molecular flexibility index (Phi) is 10.5. The van der Waals surface area contributed by atoms with E-state index in [1.807, 2.05) is 24.5 Å². The predicted octanol–water partition coefficient (Wildman–Crippen LogP) is 6.19. The largest absolute Gasteiger partial charge is 0.480 e. The van der Waals surface area contributed by atoms with Gasteiger partial charge in [0.05, 0.1) is 0 Å². The van der Waals surface area contributed by atoms with E-state index in [1.54, 1.807) is 42.7 Å². The van der Waals surface area contributed by atoms with Gasteiger partial charge in [0.1, 0.15) is 23.5 Å². The summed E-state index contributed by atoms with van der Waals surface area (Å²) in [6.07, 6.45) is 9.00. The molecule has 0 saturated heterocycles. The van der Waals surface area contributed by atoms with Crippen molar-refractivity contribution in [3.05, 3.63) is 124 Å². The SMILES string of the molecule is CSCC[C@H](NC(=O)c1cc(C=C(Cc2ncc[nH]2)c2ccc(F)cc2)ccc1CCc1ccc(F)cc1)C(=O)O. The molecule has 0 aliphatic rings. The van der Waals surface area contributed by atoms with E-state index in [-0.39, 0.29) is 11.6 Å². The molecule has 0 spiro atoms. The van der Waals surface area contributed by atoms with Gasteiger partial charge in [-0.3, -0.25) is 4.79 Å². The fourth-order valence-electron chi connectivity index (χ4n) is 4.45. The number of aromatic nitrogens is 2. The number of thioether (sulfide) groups is 1. The zero-order valence-electron chi connectivity index (χ0n) is 22.6. The number of allylic oxidation sites excluding steroid dienone is 1. The Morgan fingerprint density at radius 2 is 1.73 bits per heavy atom. The molecule has 0 radical (unpaired) electrons. The van der Waals surface area contributed by atoms with Crippen LogP contribution in [0.5, 0.6) is 0 Å². The Morgan fingerprint density at radius 3 is 2.37 bits per heavy atom. The van der Waals surface area contributed by atoms with Crippen LogP contribution in [0.25, 0.3) is 11.6 Å². The van der Waals surface area contributed by atoms with Crippen LogP contribution in [-0.2, 0) is 24.1 Å². The molecule has 3 N–H and O–H groups in total. The maximum absolute atomic E-state index is 13.6. The van der Waals surface area contributed by atoms with Crippen LogP contribution in [-0.4, -0.2) is 45.0 Å². The number of halogens is 2. The highest BCUT2D eigenvalue weighted by atomic mass is 32.2. The van der Waals surface area contributed by atoms with Gasteiger partial charge < -0.3 is 15.4 Å². The zero-order chi connectivity index (χ0) is 29.2. The van der Waals surface area contributed by atoms with E-state index in [2.05, 4.69) is 15.3 Å². The Bertz CT molecular complexity index is 1490. The molecule has 6 nitrogen and oxygen atoms in total. The van der Waals surface area contributed by atoms with E-state index in [9.17, 15) is 23.5 Å². The van der Waals surface area contributed by atoms with Crippen LogP contribution in [0.15, 0.2) is 79.1 Å². The third-order valence-electron chi connectivity index (χ3n) is 6.66. The number of hydrogen-bond donors (Lipinski definition) is 3. The number of benzene rings is 3. The van der Waals surface area contributed by atoms with Gasteiger partial charge in [-0.25, -0.2) is 18.6 Å². The van der Waals surface area contributed by atoms with Crippen molar-refractivity contribution in [1.29, 1.82) is 0 Å². The molecule has 0 fully saturated rings. The normalized spacial score (nSPS) is 12.2. The van der Waals surface area contributed by atoms with Crippen LogP contribution >= 0.6 is 11.8 Å². The molecule has 4 aromatic rings. The summed E-state index contributed by atoms with van der Waals surface area (Å²) in [5.74, 6) is -0.907. The summed E-state index contributed by atoms with van der Waals surface area (Å²) in [5, 5.41) is 12.4. The third kappa shape index (κ3) is 8.62.